The van der Waals surface area contributed by atoms with Gasteiger partial charge in [0.15, 0.2) is 6.61 Å². The molecular formula is C17H16N2O4. The molecule has 0 saturated carbocycles. The van der Waals surface area contributed by atoms with E-state index in [4.69, 9.17) is 4.74 Å². The molecule has 1 heterocycles. The van der Waals surface area contributed by atoms with Crippen molar-refractivity contribution in [3.05, 3.63) is 60.4 Å². The van der Waals surface area contributed by atoms with Gasteiger partial charge in [0.05, 0.1) is 7.11 Å². The predicted molar refractivity (Wildman–Crippen MR) is 85.9 cm³/mol. The van der Waals surface area contributed by atoms with E-state index in [-0.39, 0.29) is 12.5 Å². The highest BCUT2D eigenvalue weighted by Crippen LogP contribution is 2.17. The number of carbonyl (C=O) groups is 2. The van der Waals surface area contributed by atoms with Crippen molar-refractivity contribution in [3.63, 3.8) is 0 Å². The summed E-state index contributed by atoms with van der Waals surface area (Å²) in [6, 6.07) is 10.4. The third-order valence-electron chi connectivity index (χ3n) is 2.80. The molecule has 2 rings (SSSR count). The van der Waals surface area contributed by atoms with Crippen LogP contribution in [0.1, 0.15) is 5.56 Å². The van der Waals surface area contributed by atoms with E-state index in [2.05, 4.69) is 15.0 Å². The van der Waals surface area contributed by atoms with Crippen molar-refractivity contribution in [1.82, 2.24) is 4.98 Å². The quantitative estimate of drug-likeness (QED) is 0.654. The first-order chi connectivity index (χ1) is 11.2. The smallest absolute Gasteiger partial charge is 0.343 e. The highest BCUT2D eigenvalue weighted by atomic mass is 16.6. The fourth-order valence-electron chi connectivity index (χ4n) is 1.70. The highest BCUT2D eigenvalue weighted by Gasteiger charge is 2.03. The zero-order valence-corrected chi connectivity index (χ0v) is 12.6. The van der Waals surface area contributed by atoms with Crippen LogP contribution in [0.4, 0.5) is 5.69 Å². The number of pyridine rings is 1. The van der Waals surface area contributed by atoms with Crippen molar-refractivity contribution in [2.24, 2.45) is 0 Å². The molecule has 118 valence electrons. The summed E-state index contributed by atoms with van der Waals surface area (Å²) in [5.41, 5.74) is 1.39. The Morgan fingerprint density at radius 3 is 2.87 bits per heavy atom. The van der Waals surface area contributed by atoms with Crippen LogP contribution in [0.5, 0.6) is 5.75 Å². The fourth-order valence-corrected chi connectivity index (χ4v) is 1.70. The molecule has 0 spiro atoms. The standard InChI is InChI=1S/C17H16N2O4/c1-22-17(21)12-23-15-6-2-5-14(10-15)19-16(20)8-7-13-4-3-9-18-11-13/h2-11H,12H2,1H3,(H,19,20)/b8-7+. The van der Waals surface area contributed by atoms with Crippen LogP contribution in [-0.2, 0) is 14.3 Å². The second kappa shape index (κ2) is 8.33. The maximum atomic E-state index is 11.9. The maximum Gasteiger partial charge on any atom is 0.343 e. The van der Waals surface area contributed by atoms with Crippen molar-refractivity contribution in [3.8, 4) is 5.75 Å². The first-order valence-electron chi connectivity index (χ1n) is 6.86. The average molecular weight is 312 g/mol. The fraction of sp³-hybridized carbons (Fsp3) is 0.118. The van der Waals surface area contributed by atoms with Crippen LogP contribution >= 0.6 is 0 Å². The molecule has 23 heavy (non-hydrogen) atoms. The molecule has 0 unspecified atom stereocenters. The van der Waals surface area contributed by atoms with E-state index in [1.807, 2.05) is 6.07 Å². The molecule has 1 aromatic heterocycles. The second-order valence-electron chi connectivity index (χ2n) is 4.50. The van der Waals surface area contributed by atoms with E-state index in [0.717, 1.165) is 5.56 Å². The number of esters is 1. The molecule has 1 N–H and O–H groups in total. The van der Waals surface area contributed by atoms with Gasteiger partial charge in [-0.05, 0) is 29.8 Å². The van der Waals surface area contributed by atoms with Gasteiger partial charge in [-0.1, -0.05) is 12.1 Å². The third kappa shape index (κ3) is 5.62. The topological polar surface area (TPSA) is 77.5 Å². The first kappa shape index (κ1) is 16.2. The molecular weight excluding hydrogens is 296 g/mol. The Bertz CT molecular complexity index is 699. The summed E-state index contributed by atoms with van der Waals surface area (Å²) in [5, 5.41) is 2.71. The minimum absolute atomic E-state index is 0.186. The lowest BCUT2D eigenvalue weighted by Gasteiger charge is -2.07. The number of nitrogens with one attached hydrogen (secondary N) is 1. The molecule has 0 aliphatic carbocycles. The number of anilines is 1. The van der Waals surface area contributed by atoms with Crippen molar-refractivity contribution < 1.29 is 19.1 Å². The summed E-state index contributed by atoms with van der Waals surface area (Å²) < 4.78 is 9.75. The monoisotopic (exact) mass is 312 g/mol. The Kier molecular flexibility index (Phi) is 5.88. The lowest BCUT2D eigenvalue weighted by atomic mass is 10.2. The number of nitrogens with zero attached hydrogens (tertiary/aromatic N) is 1. The van der Waals surface area contributed by atoms with Crippen molar-refractivity contribution in [2.75, 3.05) is 19.0 Å². The Hall–Kier alpha value is -3.15. The molecule has 0 radical (unpaired) electrons. The lowest BCUT2D eigenvalue weighted by molar-refractivity contribution is -0.142. The van der Waals surface area contributed by atoms with Gasteiger partial charge < -0.3 is 14.8 Å². The molecule has 1 amide bonds. The first-order valence-corrected chi connectivity index (χ1v) is 6.86. The maximum absolute atomic E-state index is 11.9. The Labute approximate surface area is 133 Å². The van der Waals surface area contributed by atoms with E-state index in [1.165, 1.54) is 13.2 Å². The number of aromatic nitrogens is 1. The van der Waals surface area contributed by atoms with Gasteiger partial charge in [0.25, 0.3) is 0 Å². The molecule has 0 fully saturated rings. The summed E-state index contributed by atoms with van der Waals surface area (Å²) in [4.78, 5) is 26.9. The number of amides is 1. The van der Waals surface area contributed by atoms with Gasteiger partial charge in [0.2, 0.25) is 5.91 Å². The van der Waals surface area contributed by atoms with Gasteiger partial charge in [-0.3, -0.25) is 9.78 Å². The van der Waals surface area contributed by atoms with E-state index >= 15 is 0 Å². The SMILES string of the molecule is COC(=O)COc1cccc(NC(=O)/C=C/c2cccnc2)c1. The number of carbonyl (C=O) groups excluding carboxylic acids is 2. The Morgan fingerprint density at radius 1 is 1.26 bits per heavy atom. The predicted octanol–water partition coefficient (Wildman–Crippen LogP) is 2.29. The number of rotatable bonds is 6. The Balaban J connectivity index is 1.93. The molecule has 6 nitrogen and oxygen atoms in total. The van der Waals surface area contributed by atoms with Crippen LogP contribution < -0.4 is 10.1 Å². The zero-order chi connectivity index (χ0) is 16.5. The van der Waals surface area contributed by atoms with Gasteiger partial charge in [-0.25, -0.2) is 4.79 Å². The van der Waals surface area contributed by atoms with E-state index in [9.17, 15) is 9.59 Å². The second-order valence-corrected chi connectivity index (χ2v) is 4.50. The van der Waals surface area contributed by atoms with Crippen LogP contribution in [0.3, 0.4) is 0 Å². The molecule has 0 aliphatic heterocycles. The van der Waals surface area contributed by atoms with Gasteiger partial charge in [-0.2, -0.15) is 0 Å². The van der Waals surface area contributed by atoms with Crippen LogP contribution in [0, 0.1) is 0 Å². The van der Waals surface area contributed by atoms with Crippen molar-refractivity contribution >= 4 is 23.6 Å². The molecule has 0 atom stereocenters. The number of methoxy groups -OCH3 is 1. The molecule has 2 aromatic rings. The number of hydrogen-bond acceptors (Lipinski definition) is 5. The lowest BCUT2D eigenvalue weighted by Crippen LogP contribution is -2.13. The zero-order valence-electron chi connectivity index (χ0n) is 12.6. The number of ether oxygens (including phenoxy) is 2. The third-order valence-corrected chi connectivity index (χ3v) is 2.80. The summed E-state index contributed by atoms with van der Waals surface area (Å²) in [7, 11) is 1.29. The molecule has 0 bridgehead atoms. The molecule has 0 saturated heterocycles. The van der Waals surface area contributed by atoms with Crippen LogP contribution in [-0.4, -0.2) is 30.6 Å². The highest BCUT2D eigenvalue weighted by molar-refractivity contribution is 6.01. The van der Waals surface area contributed by atoms with Crippen molar-refractivity contribution in [1.29, 1.82) is 0 Å². The largest absolute Gasteiger partial charge is 0.482 e. The van der Waals surface area contributed by atoms with Gasteiger partial charge in [0, 0.05) is 30.2 Å². The van der Waals surface area contributed by atoms with E-state index in [1.54, 1.807) is 48.8 Å². The molecule has 1 aromatic carbocycles. The minimum Gasteiger partial charge on any atom is -0.482 e. The normalized spacial score (nSPS) is 10.3. The summed E-state index contributed by atoms with van der Waals surface area (Å²) in [6.07, 6.45) is 6.40. The average Bonchev–Trinajstić information content (AvgIpc) is 2.59. The Morgan fingerprint density at radius 2 is 2.13 bits per heavy atom. The minimum atomic E-state index is -0.473. The number of hydrogen-bond donors (Lipinski definition) is 1. The van der Waals surface area contributed by atoms with E-state index < -0.39 is 5.97 Å². The summed E-state index contributed by atoms with van der Waals surface area (Å²) in [6.45, 7) is -0.186. The van der Waals surface area contributed by atoms with E-state index in [0.29, 0.717) is 11.4 Å². The van der Waals surface area contributed by atoms with Crippen LogP contribution in [0.2, 0.25) is 0 Å². The van der Waals surface area contributed by atoms with Crippen LogP contribution in [0.15, 0.2) is 54.9 Å². The molecule has 0 aliphatic rings. The molecule has 6 heteroatoms. The van der Waals surface area contributed by atoms with Gasteiger partial charge in [0.1, 0.15) is 5.75 Å². The van der Waals surface area contributed by atoms with Gasteiger partial charge >= 0.3 is 5.97 Å². The summed E-state index contributed by atoms with van der Waals surface area (Å²) in [5.74, 6) is -0.290. The number of benzene rings is 1. The van der Waals surface area contributed by atoms with Gasteiger partial charge in [-0.15, -0.1) is 0 Å². The van der Waals surface area contributed by atoms with Crippen molar-refractivity contribution in [2.45, 2.75) is 0 Å². The van der Waals surface area contributed by atoms with Crippen LogP contribution in [0.25, 0.3) is 6.08 Å². The summed E-state index contributed by atoms with van der Waals surface area (Å²) >= 11 is 0.